The van der Waals surface area contributed by atoms with Gasteiger partial charge in [-0.05, 0) is 29.7 Å². The molecule has 0 aliphatic heterocycles. The number of benzene rings is 1. The van der Waals surface area contributed by atoms with Crippen LogP contribution < -0.4 is 4.74 Å². The lowest BCUT2D eigenvalue weighted by molar-refractivity contribution is 0.281. The first-order valence-electron chi connectivity index (χ1n) is 5.46. The fraction of sp³-hybridized carbons (Fsp3) is 0.214. The Morgan fingerprint density at radius 1 is 1.24 bits per heavy atom. The Hall–Kier alpha value is -1.87. The van der Waals surface area contributed by atoms with Crippen molar-refractivity contribution in [3.63, 3.8) is 0 Å². The lowest BCUT2D eigenvalue weighted by Gasteiger charge is -2.09. The summed E-state index contributed by atoms with van der Waals surface area (Å²) in [6.07, 6.45) is 1.78. The van der Waals surface area contributed by atoms with Crippen molar-refractivity contribution in [3.8, 4) is 17.0 Å². The number of rotatable bonds is 3. The summed E-state index contributed by atoms with van der Waals surface area (Å²) in [5.74, 6) is 0.602. The first kappa shape index (κ1) is 11.6. The third-order valence-corrected chi connectivity index (χ3v) is 2.87. The smallest absolute Gasteiger partial charge is 0.212 e. The maximum absolute atomic E-state index is 9.24. The van der Waals surface area contributed by atoms with Crippen molar-refractivity contribution < 1.29 is 9.84 Å². The first-order chi connectivity index (χ1) is 8.26. The van der Waals surface area contributed by atoms with E-state index in [9.17, 15) is 5.11 Å². The van der Waals surface area contributed by atoms with Crippen molar-refractivity contribution in [2.75, 3.05) is 7.11 Å². The molecule has 0 saturated heterocycles. The molecule has 0 aliphatic rings. The number of hydrogen-bond donors (Lipinski definition) is 1. The molecular weight excluding hydrogens is 214 g/mol. The Balaban J connectivity index is 2.45. The molecule has 88 valence electrons. The van der Waals surface area contributed by atoms with Crippen molar-refractivity contribution in [2.45, 2.75) is 13.5 Å². The number of aliphatic hydroxyl groups is 1. The van der Waals surface area contributed by atoms with E-state index in [2.05, 4.69) is 4.98 Å². The number of aliphatic hydroxyl groups excluding tert-OH is 1. The van der Waals surface area contributed by atoms with Crippen LogP contribution in [-0.4, -0.2) is 17.2 Å². The van der Waals surface area contributed by atoms with E-state index in [4.69, 9.17) is 4.74 Å². The van der Waals surface area contributed by atoms with Gasteiger partial charge in [0.25, 0.3) is 0 Å². The summed E-state index contributed by atoms with van der Waals surface area (Å²) in [5.41, 5.74) is 4.14. The van der Waals surface area contributed by atoms with Gasteiger partial charge in [0, 0.05) is 17.8 Å². The second kappa shape index (κ2) is 4.97. The molecule has 0 unspecified atom stereocenters. The maximum atomic E-state index is 9.24. The van der Waals surface area contributed by atoms with E-state index in [-0.39, 0.29) is 6.61 Å². The highest BCUT2D eigenvalue weighted by Gasteiger charge is 2.06. The zero-order valence-electron chi connectivity index (χ0n) is 9.97. The Morgan fingerprint density at radius 3 is 2.65 bits per heavy atom. The highest BCUT2D eigenvalue weighted by molar-refractivity contribution is 5.67. The fourth-order valence-corrected chi connectivity index (χ4v) is 1.83. The number of aromatic nitrogens is 1. The van der Waals surface area contributed by atoms with E-state index < -0.39 is 0 Å². The van der Waals surface area contributed by atoms with E-state index in [1.165, 1.54) is 0 Å². The van der Waals surface area contributed by atoms with Crippen LogP contribution >= 0.6 is 0 Å². The first-order valence-corrected chi connectivity index (χ1v) is 5.46. The number of hydrogen-bond acceptors (Lipinski definition) is 3. The van der Waals surface area contributed by atoms with Gasteiger partial charge in [-0.1, -0.05) is 18.2 Å². The Bertz CT molecular complexity index is 506. The predicted molar refractivity (Wildman–Crippen MR) is 66.9 cm³/mol. The molecule has 0 saturated carbocycles. The molecule has 3 nitrogen and oxygen atoms in total. The van der Waals surface area contributed by atoms with Gasteiger partial charge in [0.05, 0.1) is 13.7 Å². The summed E-state index contributed by atoms with van der Waals surface area (Å²) in [5, 5.41) is 9.24. The second-order valence-electron chi connectivity index (χ2n) is 3.84. The summed E-state index contributed by atoms with van der Waals surface area (Å²) in [6.45, 7) is 2.06. The van der Waals surface area contributed by atoms with Crippen LogP contribution in [0, 0.1) is 6.92 Å². The van der Waals surface area contributed by atoms with Crippen LogP contribution in [0.3, 0.4) is 0 Å². The van der Waals surface area contributed by atoms with Crippen LogP contribution in [0.15, 0.2) is 36.5 Å². The lowest BCUT2D eigenvalue weighted by Crippen LogP contribution is -1.93. The Kier molecular flexibility index (Phi) is 3.40. The van der Waals surface area contributed by atoms with Crippen LogP contribution in [0.4, 0.5) is 0 Å². The normalized spacial score (nSPS) is 10.3. The van der Waals surface area contributed by atoms with Crippen LogP contribution in [-0.2, 0) is 6.61 Å². The minimum Gasteiger partial charge on any atom is -0.481 e. The minimum atomic E-state index is 0.0588. The molecule has 0 aliphatic carbocycles. The summed E-state index contributed by atoms with van der Waals surface area (Å²) >= 11 is 0. The van der Waals surface area contributed by atoms with Gasteiger partial charge in [0.15, 0.2) is 0 Å². The average Bonchev–Trinajstić information content (AvgIpc) is 2.39. The maximum Gasteiger partial charge on any atom is 0.212 e. The van der Waals surface area contributed by atoms with Gasteiger partial charge in [-0.15, -0.1) is 0 Å². The summed E-state index contributed by atoms with van der Waals surface area (Å²) < 4.78 is 5.03. The van der Waals surface area contributed by atoms with E-state index >= 15 is 0 Å². The third kappa shape index (κ3) is 2.29. The summed E-state index contributed by atoms with van der Waals surface area (Å²) in [4.78, 5) is 4.19. The number of pyridine rings is 1. The van der Waals surface area contributed by atoms with Gasteiger partial charge < -0.3 is 9.84 Å². The molecule has 0 bridgehead atoms. The molecule has 0 amide bonds. The summed E-state index contributed by atoms with van der Waals surface area (Å²) in [6, 6.07) is 9.70. The Morgan fingerprint density at radius 2 is 2.06 bits per heavy atom. The molecule has 2 aromatic rings. The molecule has 17 heavy (non-hydrogen) atoms. The lowest BCUT2D eigenvalue weighted by atomic mass is 9.98. The van der Waals surface area contributed by atoms with Crippen molar-refractivity contribution >= 4 is 0 Å². The van der Waals surface area contributed by atoms with E-state index in [1.807, 2.05) is 37.3 Å². The molecule has 1 N–H and O–H groups in total. The topological polar surface area (TPSA) is 42.4 Å². The fourth-order valence-electron chi connectivity index (χ4n) is 1.83. The zero-order valence-corrected chi connectivity index (χ0v) is 9.97. The second-order valence-corrected chi connectivity index (χ2v) is 3.84. The molecule has 3 heteroatoms. The van der Waals surface area contributed by atoms with Crippen LogP contribution in [0.1, 0.15) is 11.1 Å². The van der Waals surface area contributed by atoms with E-state index in [0.717, 1.165) is 22.3 Å². The van der Waals surface area contributed by atoms with Gasteiger partial charge >= 0.3 is 0 Å². The highest BCUT2D eigenvalue weighted by Crippen LogP contribution is 2.26. The molecule has 1 aromatic carbocycles. The molecule has 0 atom stereocenters. The highest BCUT2D eigenvalue weighted by atomic mass is 16.5. The third-order valence-electron chi connectivity index (χ3n) is 2.87. The van der Waals surface area contributed by atoms with Crippen LogP contribution in [0.2, 0.25) is 0 Å². The number of nitrogens with zero attached hydrogens (tertiary/aromatic N) is 1. The molecule has 0 spiro atoms. The van der Waals surface area contributed by atoms with Gasteiger partial charge in [-0.25, -0.2) is 4.98 Å². The summed E-state index contributed by atoms with van der Waals surface area (Å²) in [7, 11) is 1.60. The Labute approximate surface area is 101 Å². The largest absolute Gasteiger partial charge is 0.481 e. The van der Waals surface area contributed by atoms with E-state index in [0.29, 0.717) is 5.88 Å². The van der Waals surface area contributed by atoms with Gasteiger partial charge in [-0.2, -0.15) is 0 Å². The molecular formula is C14H15NO2. The number of methoxy groups -OCH3 is 1. The van der Waals surface area contributed by atoms with Crippen LogP contribution in [0.25, 0.3) is 11.1 Å². The molecule has 1 aromatic heterocycles. The van der Waals surface area contributed by atoms with Crippen molar-refractivity contribution in [1.29, 1.82) is 0 Å². The van der Waals surface area contributed by atoms with E-state index in [1.54, 1.807) is 13.3 Å². The molecule has 0 radical (unpaired) electrons. The van der Waals surface area contributed by atoms with Gasteiger partial charge in [0.2, 0.25) is 5.88 Å². The van der Waals surface area contributed by atoms with Gasteiger partial charge in [-0.3, -0.25) is 0 Å². The van der Waals surface area contributed by atoms with Crippen molar-refractivity contribution in [3.05, 3.63) is 47.7 Å². The zero-order chi connectivity index (χ0) is 12.3. The standard InChI is InChI=1S/C14H15NO2/c1-10-12(9-16)4-3-5-13(10)11-6-7-14(17-2)15-8-11/h3-8,16H,9H2,1-2H3. The quantitative estimate of drug-likeness (QED) is 0.879. The average molecular weight is 229 g/mol. The molecule has 1 heterocycles. The van der Waals surface area contributed by atoms with Crippen molar-refractivity contribution in [2.24, 2.45) is 0 Å². The number of ether oxygens (including phenoxy) is 1. The molecule has 0 fully saturated rings. The van der Waals surface area contributed by atoms with Gasteiger partial charge in [0.1, 0.15) is 0 Å². The van der Waals surface area contributed by atoms with Crippen LogP contribution in [0.5, 0.6) is 5.88 Å². The monoisotopic (exact) mass is 229 g/mol. The molecule has 2 rings (SSSR count). The van der Waals surface area contributed by atoms with Crippen molar-refractivity contribution in [1.82, 2.24) is 4.98 Å². The minimum absolute atomic E-state index is 0.0588. The SMILES string of the molecule is COc1ccc(-c2cccc(CO)c2C)cn1. The predicted octanol–water partition coefficient (Wildman–Crippen LogP) is 2.56.